The molecule has 0 aromatic carbocycles. The SMILES string of the molecule is CCOc1nn([C@@H](C)CO)c2c1/C=C/c1n[nH]c3cnc(cc13)-c1c(Cl)nn(C)c1O[C@@H](C)CN(C)C2. The summed E-state index contributed by atoms with van der Waals surface area (Å²) in [5.41, 5.74) is 4.58. The van der Waals surface area contributed by atoms with Crippen molar-refractivity contribution < 1.29 is 14.6 Å². The number of hydrogen-bond donors (Lipinski definition) is 2. The van der Waals surface area contributed by atoms with Gasteiger partial charge in [0, 0.05) is 25.5 Å². The number of aryl methyl sites for hydroxylation is 1. The molecule has 2 atom stereocenters. The fourth-order valence-electron chi connectivity index (χ4n) is 4.65. The zero-order valence-corrected chi connectivity index (χ0v) is 22.3. The van der Waals surface area contributed by atoms with Crippen molar-refractivity contribution in [2.75, 3.05) is 26.8 Å². The number of aromatic amines is 1. The largest absolute Gasteiger partial charge is 0.476 e. The Hall–Kier alpha value is -3.41. The molecule has 37 heavy (non-hydrogen) atoms. The first kappa shape index (κ1) is 25.2. The summed E-state index contributed by atoms with van der Waals surface area (Å²) < 4.78 is 15.8. The molecular formula is C25H31ClN8O3. The first-order chi connectivity index (χ1) is 17.8. The van der Waals surface area contributed by atoms with E-state index in [0.717, 1.165) is 27.9 Å². The van der Waals surface area contributed by atoms with Gasteiger partial charge in [-0.2, -0.15) is 10.2 Å². The Bertz CT molecular complexity index is 1460. The van der Waals surface area contributed by atoms with Gasteiger partial charge in [0.25, 0.3) is 0 Å². The highest BCUT2D eigenvalue weighted by Crippen LogP contribution is 2.37. The van der Waals surface area contributed by atoms with E-state index >= 15 is 0 Å². The molecule has 4 aromatic heterocycles. The highest BCUT2D eigenvalue weighted by Gasteiger charge is 2.25. The Morgan fingerprint density at radius 2 is 2.11 bits per heavy atom. The lowest BCUT2D eigenvalue weighted by Gasteiger charge is -2.24. The normalized spacial score (nSPS) is 18.1. The molecular weight excluding hydrogens is 496 g/mol. The lowest BCUT2D eigenvalue weighted by molar-refractivity contribution is 0.145. The maximum absolute atomic E-state index is 9.93. The van der Waals surface area contributed by atoms with Crippen molar-refractivity contribution in [3.05, 3.63) is 34.4 Å². The predicted octanol–water partition coefficient (Wildman–Crippen LogP) is 3.54. The Labute approximate surface area is 219 Å². The summed E-state index contributed by atoms with van der Waals surface area (Å²) in [4.78, 5) is 6.76. The number of ether oxygens (including phenoxy) is 2. The molecule has 1 aliphatic rings. The van der Waals surface area contributed by atoms with Crippen LogP contribution in [-0.2, 0) is 13.6 Å². The molecule has 4 aromatic rings. The standard InChI is InChI=1S/C25H31ClN8O3/c1-6-36-24-16-7-8-18-17-9-19(27-10-20(17)29-28-18)22-23(26)30-33(5)25(22)37-15(3)11-32(4)12-21(16)34(31-24)14(2)13-35/h7-10,14-15,35H,6,11-13H2,1-5H3,(H,28,29)/b8-7+/t14-,15-/m0/s1. The Kier molecular flexibility index (Phi) is 6.93. The van der Waals surface area contributed by atoms with E-state index in [-0.39, 0.29) is 18.8 Å². The number of nitrogens with zero attached hydrogens (tertiary/aromatic N) is 7. The topological polar surface area (TPSA) is 119 Å². The molecule has 5 heterocycles. The molecule has 0 unspecified atom stereocenters. The molecule has 12 heteroatoms. The van der Waals surface area contributed by atoms with E-state index in [1.165, 1.54) is 0 Å². The summed E-state index contributed by atoms with van der Waals surface area (Å²) in [7, 11) is 3.82. The van der Waals surface area contributed by atoms with Gasteiger partial charge < -0.3 is 14.6 Å². The van der Waals surface area contributed by atoms with Crippen LogP contribution in [0.5, 0.6) is 11.8 Å². The van der Waals surface area contributed by atoms with Crippen LogP contribution < -0.4 is 9.47 Å². The van der Waals surface area contributed by atoms with Gasteiger partial charge in [-0.05, 0) is 46.0 Å². The minimum Gasteiger partial charge on any atom is -0.476 e. The molecule has 0 amide bonds. The molecule has 2 bridgehead atoms. The fourth-order valence-corrected chi connectivity index (χ4v) is 4.94. The quantitative estimate of drug-likeness (QED) is 0.414. The third kappa shape index (κ3) is 4.70. The van der Waals surface area contributed by atoms with Gasteiger partial charge in [0.2, 0.25) is 11.8 Å². The Morgan fingerprint density at radius 1 is 1.30 bits per heavy atom. The van der Waals surface area contributed by atoms with Crippen LogP contribution in [0.1, 0.15) is 43.8 Å². The third-order valence-corrected chi connectivity index (χ3v) is 6.64. The number of pyridine rings is 1. The van der Waals surface area contributed by atoms with Crippen LogP contribution in [0.3, 0.4) is 0 Å². The van der Waals surface area contributed by atoms with Crippen molar-refractivity contribution in [3.63, 3.8) is 0 Å². The summed E-state index contributed by atoms with van der Waals surface area (Å²) in [6.07, 6.45) is 5.45. The van der Waals surface area contributed by atoms with Crippen LogP contribution in [0.2, 0.25) is 5.15 Å². The molecule has 0 aliphatic carbocycles. The number of likely N-dealkylation sites (N-methyl/N-ethyl adjacent to an activating group) is 1. The van der Waals surface area contributed by atoms with E-state index in [9.17, 15) is 5.11 Å². The van der Waals surface area contributed by atoms with Crippen molar-refractivity contribution in [1.29, 1.82) is 0 Å². The zero-order valence-electron chi connectivity index (χ0n) is 21.6. The van der Waals surface area contributed by atoms with Gasteiger partial charge in [0.05, 0.1) is 53.6 Å². The zero-order chi connectivity index (χ0) is 26.3. The van der Waals surface area contributed by atoms with E-state index in [2.05, 4.69) is 25.2 Å². The number of hydrogen-bond acceptors (Lipinski definition) is 8. The van der Waals surface area contributed by atoms with Crippen molar-refractivity contribution >= 4 is 34.7 Å². The van der Waals surface area contributed by atoms with E-state index in [4.69, 9.17) is 26.2 Å². The van der Waals surface area contributed by atoms with Gasteiger partial charge in [-0.15, -0.1) is 5.10 Å². The van der Waals surface area contributed by atoms with Gasteiger partial charge in [0.1, 0.15) is 11.7 Å². The minimum atomic E-state index is -0.223. The van der Waals surface area contributed by atoms with Gasteiger partial charge in [-0.1, -0.05) is 11.6 Å². The second-order valence-corrected chi connectivity index (χ2v) is 9.71. The summed E-state index contributed by atoms with van der Waals surface area (Å²) in [6.45, 7) is 7.46. The number of aliphatic hydroxyl groups excluding tert-OH is 1. The molecule has 196 valence electrons. The van der Waals surface area contributed by atoms with Gasteiger partial charge in [-0.3, -0.25) is 19.7 Å². The van der Waals surface area contributed by atoms with Crippen LogP contribution in [0, 0.1) is 0 Å². The van der Waals surface area contributed by atoms with Gasteiger partial charge in [0.15, 0.2) is 5.15 Å². The number of rotatable bonds is 4. The van der Waals surface area contributed by atoms with Crippen molar-refractivity contribution in [1.82, 2.24) is 39.6 Å². The predicted molar refractivity (Wildman–Crippen MR) is 142 cm³/mol. The number of aliphatic hydroxyl groups is 1. The second-order valence-electron chi connectivity index (χ2n) is 9.35. The van der Waals surface area contributed by atoms with Crippen molar-refractivity contribution in [2.24, 2.45) is 7.05 Å². The average Bonchev–Trinajstić information content (AvgIpc) is 3.50. The molecule has 0 saturated carbocycles. The minimum absolute atomic E-state index is 0.0452. The lowest BCUT2D eigenvalue weighted by Crippen LogP contribution is -2.32. The van der Waals surface area contributed by atoms with E-state index in [1.807, 2.05) is 50.7 Å². The third-order valence-electron chi connectivity index (χ3n) is 6.37. The average molecular weight is 527 g/mol. The number of aromatic nitrogens is 7. The molecule has 2 N–H and O–H groups in total. The summed E-state index contributed by atoms with van der Waals surface area (Å²) in [5, 5.41) is 27.8. The van der Waals surface area contributed by atoms with Crippen LogP contribution in [0.15, 0.2) is 12.3 Å². The molecule has 1 aliphatic heterocycles. The maximum Gasteiger partial charge on any atom is 0.240 e. The second kappa shape index (κ2) is 10.2. The summed E-state index contributed by atoms with van der Waals surface area (Å²) in [5.74, 6) is 1.06. The number of halogens is 1. The van der Waals surface area contributed by atoms with E-state index < -0.39 is 0 Å². The van der Waals surface area contributed by atoms with E-state index in [1.54, 1.807) is 17.9 Å². The highest BCUT2D eigenvalue weighted by molar-refractivity contribution is 6.32. The monoisotopic (exact) mass is 526 g/mol. The molecule has 0 spiro atoms. The fraction of sp³-hybridized carbons (Fsp3) is 0.440. The molecule has 0 fully saturated rings. The molecule has 0 radical (unpaired) electrons. The van der Waals surface area contributed by atoms with Crippen LogP contribution in [0.25, 0.3) is 34.3 Å². The van der Waals surface area contributed by atoms with Crippen LogP contribution in [-0.4, -0.2) is 77.7 Å². The smallest absolute Gasteiger partial charge is 0.240 e. The van der Waals surface area contributed by atoms with Crippen molar-refractivity contribution in [3.8, 4) is 23.0 Å². The first-order valence-electron chi connectivity index (χ1n) is 12.3. The molecule has 11 nitrogen and oxygen atoms in total. The van der Waals surface area contributed by atoms with Crippen LogP contribution in [0.4, 0.5) is 0 Å². The highest BCUT2D eigenvalue weighted by atomic mass is 35.5. The van der Waals surface area contributed by atoms with Crippen LogP contribution >= 0.6 is 11.6 Å². The van der Waals surface area contributed by atoms with Gasteiger partial charge >= 0.3 is 0 Å². The summed E-state index contributed by atoms with van der Waals surface area (Å²) in [6, 6.07) is 1.71. The first-order valence-corrected chi connectivity index (χ1v) is 12.6. The summed E-state index contributed by atoms with van der Waals surface area (Å²) >= 11 is 6.55. The number of H-pyrrole nitrogens is 1. The number of nitrogens with one attached hydrogen (secondary N) is 1. The van der Waals surface area contributed by atoms with Crippen molar-refractivity contribution in [2.45, 2.75) is 39.5 Å². The number of fused-ring (bicyclic) bond motifs is 4. The molecule has 0 saturated heterocycles. The molecule has 5 rings (SSSR count). The van der Waals surface area contributed by atoms with E-state index in [0.29, 0.717) is 47.9 Å². The Morgan fingerprint density at radius 3 is 2.86 bits per heavy atom. The lowest BCUT2D eigenvalue weighted by atomic mass is 10.1. The maximum atomic E-state index is 9.93. The Balaban J connectivity index is 1.72. The van der Waals surface area contributed by atoms with Gasteiger partial charge in [-0.25, -0.2) is 4.68 Å².